The van der Waals surface area contributed by atoms with Crippen LogP contribution in [-0.4, -0.2) is 47.5 Å². The predicted molar refractivity (Wildman–Crippen MR) is 87.3 cm³/mol. The number of piperidine rings is 1. The number of thiocarbonyl (C=S) groups is 1. The molecule has 1 saturated heterocycles. The Morgan fingerprint density at radius 2 is 2.19 bits per heavy atom. The summed E-state index contributed by atoms with van der Waals surface area (Å²) in [6.45, 7) is 3.01. The molecular weight excluding hydrogens is 284 g/mol. The number of pyridine rings is 1. The van der Waals surface area contributed by atoms with Gasteiger partial charge in [-0.25, -0.2) is 0 Å². The van der Waals surface area contributed by atoms with Crippen molar-refractivity contribution in [2.75, 3.05) is 26.7 Å². The number of carbonyl (C=O) groups excluding carboxylic acids is 1. The molecule has 1 aromatic rings. The first kappa shape index (κ1) is 15.9. The van der Waals surface area contributed by atoms with Crippen LogP contribution >= 0.6 is 12.2 Å². The summed E-state index contributed by atoms with van der Waals surface area (Å²) in [6.07, 6.45) is 5.00. The van der Waals surface area contributed by atoms with Crippen molar-refractivity contribution in [2.45, 2.75) is 19.3 Å². The molecule has 5 nitrogen and oxygen atoms in total. The first-order chi connectivity index (χ1) is 10.1. The molecule has 21 heavy (non-hydrogen) atoms. The topological polar surface area (TPSA) is 71.2 Å². The summed E-state index contributed by atoms with van der Waals surface area (Å²) in [5, 5.41) is 2.93. The van der Waals surface area contributed by atoms with Gasteiger partial charge in [-0.1, -0.05) is 12.2 Å². The van der Waals surface area contributed by atoms with Crippen LogP contribution in [0.1, 0.15) is 35.3 Å². The maximum absolute atomic E-state index is 12.0. The molecule has 1 fully saturated rings. The molecule has 0 spiro atoms. The number of rotatable bonds is 5. The molecule has 0 saturated carbocycles. The third kappa shape index (κ3) is 4.75. The van der Waals surface area contributed by atoms with Gasteiger partial charge in [0.15, 0.2) is 0 Å². The lowest BCUT2D eigenvalue weighted by molar-refractivity contribution is 0.0944. The van der Waals surface area contributed by atoms with E-state index in [4.69, 9.17) is 18.0 Å². The third-order valence-corrected chi connectivity index (χ3v) is 4.19. The second-order valence-electron chi connectivity index (χ2n) is 5.59. The van der Waals surface area contributed by atoms with E-state index in [2.05, 4.69) is 22.2 Å². The number of nitrogens with two attached hydrogens (primary N) is 1. The Hall–Kier alpha value is -1.53. The maximum Gasteiger partial charge on any atom is 0.269 e. The standard InChI is InChI=1S/C15H22N4OS/c1-19-8-5-11(6-9-19)4-7-17-15(20)13-3-2-12(10-18-13)14(16)21/h2-3,10-11H,4-9H2,1H3,(H2,16,21)(H,17,20). The van der Waals surface area contributed by atoms with E-state index in [9.17, 15) is 4.79 Å². The number of amides is 1. The van der Waals surface area contributed by atoms with Crippen LogP contribution in [0.25, 0.3) is 0 Å². The average Bonchev–Trinajstić information content (AvgIpc) is 2.49. The Morgan fingerprint density at radius 1 is 1.48 bits per heavy atom. The molecule has 1 aliphatic rings. The molecule has 2 rings (SSSR count). The minimum Gasteiger partial charge on any atom is -0.389 e. The Labute approximate surface area is 130 Å². The summed E-state index contributed by atoms with van der Waals surface area (Å²) in [6, 6.07) is 3.38. The summed E-state index contributed by atoms with van der Waals surface area (Å²) < 4.78 is 0. The van der Waals surface area contributed by atoms with Gasteiger partial charge in [0, 0.05) is 18.3 Å². The highest BCUT2D eigenvalue weighted by Gasteiger charge is 2.16. The van der Waals surface area contributed by atoms with Gasteiger partial charge >= 0.3 is 0 Å². The molecule has 0 atom stereocenters. The largest absolute Gasteiger partial charge is 0.389 e. The second kappa shape index (κ2) is 7.47. The van der Waals surface area contributed by atoms with Crippen molar-refractivity contribution in [3.63, 3.8) is 0 Å². The van der Waals surface area contributed by atoms with Crippen molar-refractivity contribution in [3.05, 3.63) is 29.6 Å². The fourth-order valence-corrected chi connectivity index (χ4v) is 2.63. The first-order valence-electron chi connectivity index (χ1n) is 7.29. The predicted octanol–water partition coefficient (Wildman–Crippen LogP) is 1.18. The second-order valence-corrected chi connectivity index (χ2v) is 6.03. The van der Waals surface area contributed by atoms with Crippen LogP contribution in [0.3, 0.4) is 0 Å². The molecule has 2 heterocycles. The first-order valence-corrected chi connectivity index (χ1v) is 7.69. The van der Waals surface area contributed by atoms with Crippen LogP contribution in [0, 0.1) is 5.92 Å². The molecule has 1 aliphatic heterocycles. The number of nitrogens with one attached hydrogen (secondary N) is 1. The summed E-state index contributed by atoms with van der Waals surface area (Å²) in [7, 11) is 2.15. The quantitative estimate of drug-likeness (QED) is 0.799. The van der Waals surface area contributed by atoms with Gasteiger partial charge in [0.1, 0.15) is 10.7 Å². The van der Waals surface area contributed by atoms with E-state index in [0.29, 0.717) is 23.7 Å². The zero-order chi connectivity index (χ0) is 15.2. The minimum absolute atomic E-state index is 0.141. The van der Waals surface area contributed by atoms with Crippen LogP contribution in [0.5, 0.6) is 0 Å². The van der Waals surface area contributed by atoms with Gasteiger partial charge in [-0.05, 0) is 57.5 Å². The number of hydrogen-bond donors (Lipinski definition) is 2. The van der Waals surface area contributed by atoms with Crippen molar-refractivity contribution >= 4 is 23.1 Å². The van der Waals surface area contributed by atoms with Crippen LogP contribution in [0.4, 0.5) is 0 Å². The monoisotopic (exact) mass is 306 g/mol. The molecule has 0 unspecified atom stereocenters. The van der Waals surface area contributed by atoms with Crippen LogP contribution < -0.4 is 11.1 Å². The summed E-state index contributed by atoms with van der Waals surface area (Å²) >= 11 is 4.86. The third-order valence-electron chi connectivity index (χ3n) is 3.96. The van der Waals surface area contributed by atoms with Gasteiger partial charge in [0.05, 0.1) is 0 Å². The Balaban J connectivity index is 1.75. The number of nitrogens with zero attached hydrogens (tertiary/aromatic N) is 2. The van der Waals surface area contributed by atoms with Gasteiger partial charge in [0.2, 0.25) is 0 Å². The van der Waals surface area contributed by atoms with Gasteiger partial charge < -0.3 is 16.0 Å². The highest BCUT2D eigenvalue weighted by Crippen LogP contribution is 2.18. The zero-order valence-electron chi connectivity index (χ0n) is 12.3. The van der Waals surface area contributed by atoms with Crippen LogP contribution in [-0.2, 0) is 0 Å². The van der Waals surface area contributed by atoms with Gasteiger partial charge in [-0.15, -0.1) is 0 Å². The van der Waals surface area contributed by atoms with Gasteiger partial charge in [0.25, 0.3) is 5.91 Å². The minimum atomic E-state index is -0.141. The van der Waals surface area contributed by atoms with E-state index >= 15 is 0 Å². The summed E-state index contributed by atoms with van der Waals surface area (Å²) in [5.41, 5.74) is 6.58. The summed E-state index contributed by atoms with van der Waals surface area (Å²) in [4.78, 5) is 18.7. The molecular formula is C15H22N4OS. The van der Waals surface area contributed by atoms with E-state index in [1.54, 1.807) is 12.1 Å². The molecule has 0 bridgehead atoms. The van der Waals surface area contributed by atoms with E-state index in [0.717, 1.165) is 19.5 Å². The smallest absolute Gasteiger partial charge is 0.269 e. The molecule has 0 radical (unpaired) electrons. The lowest BCUT2D eigenvalue weighted by Gasteiger charge is -2.28. The molecule has 0 aromatic carbocycles. The van der Waals surface area contributed by atoms with E-state index in [1.165, 1.54) is 19.0 Å². The Bertz CT molecular complexity index is 495. The van der Waals surface area contributed by atoms with Crippen molar-refractivity contribution in [3.8, 4) is 0 Å². The number of aromatic nitrogens is 1. The van der Waals surface area contributed by atoms with E-state index in [1.807, 2.05) is 0 Å². The SMILES string of the molecule is CN1CCC(CCNC(=O)c2ccc(C(N)=S)cn2)CC1. The van der Waals surface area contributed by atoms with E-state index in [-0.39, 0.29) is 10.9 Å². The Morgan fingerprint density at radius 3 is 2.76 bits per heavy atom. The number of hydrogen-bond acceptors (Lipinski definition) is 4. The molecule has 1 amide bonds. The number of carbonyl (C=O) groups is 1. The average molecular weight is 306 g/mol. The Kier molecular flexibility index (Phi) is 5.64. The molecule has 1 aromatic heterocycles. The highest BCUT2D eigenvalue weighted by atomic mass is 32.1. The lowest BCUT2D eigenvalue weighted by atomic mass is 9.94. The van der Waals surface area contributed by atoms with Crippen LogP contribution in [0.2, 0.25) is 0 Å². The normalized spacial score (nSPS) is 16.6. The zero-order valence-corrected chi connectivity index (χ0v) is 13.2. The van der Waals surface area contributed by atoms with Crippen molar-refractivity contribution in [1.29, 1.82) is 0 Å². The number of likely N-dealkylation sites (tertiary alicyclic amines) is 1. The van der Waals surface area contributed by atoms with Crippen molar-refractivity contribution < 1.29 is 4.79 Å². The highest BCUT2D eigenvalue weighted by molar-refractivity contribution is 7.80. The van der Waals surface area contributed by atoms with Crippen molar-refractivity contribution in [2.24, 2.45) is 11.7 Å². The van der Waals surface area contributed by atoms with Crippen LogP contribution in [0.15, 0.2) is 18.3 Å². The molecule has 0 aliphatic carbocycles. The molecule has 114 valence electrons. The fourth-order valence-electron chi connectivity index (χ4n) is 2.51. The fraction of sp³-hybridized carbons (Fsp3) is 0.533. The van der Waals surface area contributed by atoms with Gasteiger partial charge in [-0.3, -0.25) is 9.78 Å². The molecule has 6 heteroatoms. The van der Waals surface area contributed by atoms with Gasteiger partial charge in [-0.2, -0.15) is 0 Å². The lowest BCUT2D eigenvalue weighted by Crippen LogP contribution is -2.33. The molecule has 3 N–H and O–H groups in total. The van der Waals surface area contributed by atoms with E-state index < -0.39 is 0 Å². The maximum atomic E-state index is 12.0. The van der Waals surface area contributed by atoms with Crippen molar-refractivity contribution in [1.82, 2.24) is 15.2 Å². The summed E-state index contributed by atoms with van der Waals surface area (Å²) in [5.74, 6) is 0.573.